The van der Waals surface area contributed by atoms with E-state index in [2.05, 4.69) is 55.7 Å². The standard InChI is InChI=1S/C15H27N3/c1-11(2)16-14-17-12(3)10-18(14)13-6-8-15(4,5)9-7-13/h10-11,13H,6-9H2,1-5H3,(H,16,17). The number of aromatic nitrogens is 2. The van der Waals surface area contributed by atoms with E-state index in [-0.39, 0.29) is 0 Å². The molecule has 1 N–H and O–H groups in total. The van der Waals surface area contributed by atoms with E-state index in [1.807, 2.05) is 0 Å². The summed E-state index contributed by atoms with van der Waals surface area (Å²) in [4.78, 5) is 4.61. The summed E-state index contributed by atoms with van der Waals surface area (Å²) in [6.45, 7) is 11.2. The lowest BCUT2D eigenvalue weighted by atomic mass is 9.75. The molecule has 1 aliphatic rings. The molecule has 1 fully saturated rings. The first-order valence-corrected chi connectivity index (χ1v) is 7.19. The first-order valence-electron chi connectivity index (χ1n) is 7.19. The lowest BCUT2D eigenvalue weighted by molar-refractivity contribution is 0.194. The summed E-state index contributed by atoms with van der Waals surface area (Å²) in [5.41, 5.74) is 1.64. The molecule has 1 aliphatic carbocycles. The van der Waals surface area contributed by atoms with Crippen molar-refractivity contribution in [3.05, 3.63) is 11.9 Å². The molecule has 3 heteroatoms. The number of nitrogens with zero attached hydrogens (tertiary/aromatic N) is 2. The molecule has 0 radical (unpaired) electrons. The van der Waals surface area contributed by atoms with Gasteiger partial charge in [0.25, 0.3) is 0 Å². The molecule has 0 spiro atoms. The Labute approximate surface area is 111 Å². The molecular formula is C15H27N3. The molecule has 0 aromatic carbocycles. The molecule has 0 saturated heterocycles. The molecule has 1 heterocycles. The zero-order valence-electron chi connectivity index (χ0n) is 12.5. The van der Waals surface area contributed by atoms with E-state index in [1.54, 1.807) is 0 Å². The third kappa shape index (κ3) is 3.06. The van der Waals surface area contributed by atoms with Gasteiger partial charge in [-0.2, -0.15) is 0 Å². The molecular weight excluding hydrogens is 222 g/mol. The Morgan fingerprint density at radius 3 is 2.50 bits per heavy atom. The summed E-state index contributed by atoms with van der Waals surface area (Å²) in [6, 6.07) is 1.06. The van der Waals surface area contributed by atoms with Crippen molar-refractivity contribution >= 4 is 5.95 Å². The maximum absolute atomic E-state index is 4.61. The number of imidazole rings is 1. The van der Waals surface area contributed by atoms with Crippen molar-refractivity contribution in [2.45, 2.75) is 72.4 Å². The van der Waals surface area contributed by atoms with Crippen LogP contribution in [0.5, 0.6) is 0 Å². The minimum absolute atomic E-state index is 0.436. The lowest BCUT2D eigenvalue weighted by Gasteiger charge is -2.35. The second-order valence-electron chi connectivity index (χ2n) is 6.81. The Kier molecular flexibility index (Phi) is 3.69. The minimum atomic E-state index is 0.436. The van der Waals surface area contributed by atoms with Crippen LogP contribution in [-0.2, 0) is 0 Å². The van der Waals surface area contributed by atoms with Gasteiger partial charge in [0.2, 0.25) is 5.95 Å². The lowest BCUT2D eigenvalue weighted by Crippen LogP contribution is -2.25. The predicted octanol–water partition coefficient (Wildman–Crippen LogP) is 4.15. The van der Waals surface area contributed by atoms with Gasteiger partial charge in [0.05, 0.1) is 5.69 Å². The van der Waals surface area contributed by atoms with Crippen molar-refractivity contribution in [2.24, 2.45) is 5.41 Å². The van der Waals surface area contributed by atoms with Crippen molar-refractivity contribution < 1.29 is 0 Å². The molecule has 0 atom stereocenters. The van der Waals surface area contributed by atoms with Crippen molar-refractivity contribution in [1.29, 1.82) is 0 Å². The fourth-order valence-electron chi connectivity index (χ4n) is 2.82. The monoisotopic (exact) mass is 249 g/mol. The highest BCUT2D eigenvalue weighted by molar-refractivity contribution is 5.30. The quantitative estimate of drug-likeness (QED) is 0.872. The largest absolute Gasteiger partial charge is 0.353 e. The molecule has 1 aromatic rings. The molecule has 3 nitrogen and oxygen atoms in total. The molecule has 0 bridgehead atoms. The highest BCUT2D eigenvalue weighted by atomic mass is 15.2. The van der Waals surface area contributed by atoms with Crippen LogP contribution in [0.1, 0.15) is 65.1 Å². The second kappa shape index (κ2) is 4.94. The van der Waals surface area contributed by atoms with Gasteiger partial charge in [-0.15, -0.1) is 0 Å². The van der Waals surface area contributed by atoms with Crippen LogP contribution in [0, 0.1) is 12.3 Å². The van der Waals surface area contributed by atoms with Gasteiger partial charge in [-0.05, 0) is 51.9 Å². The normalized spacial score (nSPS) is 20.3. The topological polar surface area (TPSA) is 29.9 Å². The van der Waals surface area contributed by atoms with E-state index in [4.69, 9.17) is 0 Å². The molecule has 0 aliphatic heterocycles. The fourth-order valence-corrected chi connectivity index (χ4v) is 2.82. The van der Waals surface area contributed by atoms with Crippen LogP contribution in [0.4, 0.5) is 5.95 Å². The number of rotatable bonds is 3. The summed E-state index contributed by atoms with van der Waals surface area (Å²) in [6.07, 6.45) is 7.38. The van der Waals surface area contributed by atoms with E-state index in [9.17, 15) is 0 Å². The first-order chi connectivity index (χ1) is 8.37. The molecule has 2 rings (SSSR count). The number of hydrogen-bond donors (Lipinski definition) is 1. The van der Waals surface area contributed by atoms with Crippen LogP contribution < -0.4 is 5.32 Å². The summed E-state index contributed by atoms with van der Waals surface area (Å²) in [5, 5.41) is 3.46. The van der Waals surface area contributed by atoms with Crippen LogP contribution in [0.3, 0.4) is 0 Å². The Bertz CT molecular complexity index is 394. The highest BCUT2D eigenvalue weighted by Crippen LogP contribution is 2.41. The zero-order chi connectivity index (χ0) is 13.3. The van der Waals surface area contributed by atoms with Crippen LogP contribution in [0.25, 0.3) is 0 Å². The molecule has 0 amide bonds. The van der Waals surface area contributed by atoms with Crippen molar-refractivity contribution in [1.82, 2.24) is 9.55 Å². The van der Waals surface area contributed by atoms with E-state index in [0.29, 0.717) is 17.5 Å². The highest BCUT2D eigenvalue weighted by Gasteiger charge is 2.28. The number of hydrogen-bond acceptors (Lipinski definition) is 2. The molecule has 1 saturated carbocycles. The van der Waals surface area contributed by atoms with E-state index < -0.39 is 0 Å². The van der Waals surface area contributed by atoms with Gasteiger partial charge in [0, 0.05) is 18.3 Å². The van der Waals surface area contributed by atoms with Crippen molar-refractivity contribution in [3.8, 4) is 0 Å². The summed E-state index contributed by atoms with van der Waals surface area (Å²) in [5.74, 6) is 1.05. The van der Waals surface area contributed by atoms with Gasteiger partial charge < -0.3 is 9.88 Å². The van der Waals surface area contributed by atoms with Crippen LogP contribution in [-0.4, -0.2) is 15.6 Å². The maximum atomic E-state index is 4.61. The Hall–Kier alpha value is -0.990. The SMILES string of the molecule is Cc1cn(C2CCC(C)(C)CC2)c(NC(C)C)n1. The molecule has 102 valence electrons. The average molecular weight is 249 g/mol. The fraction of sp³-hybridized carbons (Fsp3) is 0.800. The van der Waals surface area contributed by atoms with E-state index in [1.165, 1.54) is 25.7 Å². The molecule has 18 heavy (non-hydrogen) atoms. The smallest absolute Gasteiger partial charge is 0.203 e. The number of aryl methyl sites for hydroxylation is 1. The third-order valence-electron chi connectivity index (χ3n) is 3.97. The zero-order valence-corrected chi connectivity index (χ0v) is 12.5. The second-order valence-corrected chi connectivity index (χ2v) is 6.81. The van der Waals surface area contributed by atoms with Gasteiger partial charge in [0.15, 0.2) is 0 Å². The van der Waals surface area contributed by atoms with Gasteiger partial charge in [-0.1, -0.05) is 13.8 Å². The van der Waals surface area contributed by atoms with Gasteiger partial charge in [-0.3, -0.25) is 0 Å². The summed E-state index contributed by atoms with van der Waals surface area (Å²) >= 11 is 0. The van der Waals surface area contributed by atoms with Crippen LogP contribution in [0.15, 0.2) is 6.20 Å². The Morgan fingerprint density at radius 2 is 1.94 bits per heavy atom. The summed E-state index contributed by atoms with van der Waals surface area (Å²) < 4.78 is 2.37. The molecule has 0 unspecified atom stereocenters. The van der Waals surface area contributed by atoms with Crippen molar-refractivity contribution in [2.75, 3.05) is 5.32 Å². The molecule has 1 aromatic heterocycles. The Morgan fingerprint density at radius 1 is 1.33 bits per heavy atom. The average Bonchev–Trinajstić information content (AvgIpc) is 2.58. The van der Waals surface area contributed by atoms with Crippen LogP contribution >= 0.6 is 0 Å². The van der Waals surface area contributed by atoms with Gasteiger partial charge in [-0.25, -0.2) is 4.98 Å². The number of nitrogens with one attached hydrogen (secondary N) is 1. The maximum Gasteiger partial charge on any atom is 0.203 e. The first kappa shape index (κ1) is 13.4. The summed E-state index contributed by atoms with van der Waals surface area (Å²) in [7, 11) is 0. The minimum Gasteiger partial charge on any atom is -0.353 e. The van der Waals surface area contributed by atoms with Gasteiger partial charge >= 0.3 is 0 Å². The Balaban J connectivity index is 2.13. The number of anilines is 1. The third-order valence-corrected chi connectivity index (χ3v) is 3.97. The van der Waals surface area contributed by atoms with E-state index >= 15 is 0 Å². The van der Waals surface area contributed by atoms with Crippen molar-refractivity contribution in [3.63, 3.8) is 0 Å². The predicted molar refractivity (Wildman–Crippen MR) is 77.0 cm³/mol. The van der Waals surface area contributed by atoms with Gasteiger partial charge in [0.1, 0.15) is 0 Å². The van der Waals surface area contributed by atoms with E-state index in [0.717, 1.165) is 11.6 Å². The van der Waals surface area contributed by atoms with Crippen LogP contribution in [0.2, 0.25) is 0 Å².